The van der Waals surface area contributed by atoms with Crippen molar-refractivity contribution < 1.29 is 9.59 Å². The quantitative estimate of drug-likeness (QED) is 0.722. The standard InChI is InChI=1S/C11H12N2O2/c1-8-4-2-3-5-9(8)13-7-10(14)12-6-11(13)15/h2-5H,6-7H2,1H3,(H,12,14). The Morgan fingerprint density at radius 1 is 1.27 bits per heavy atom. The van der Waals surface area contributed by atoms with Gasteiger partial charge in [-0.05, 0) is 18.6 Å². The van der Waals surface area contributed by atoms with E-state index in [4.69, 9.17) is 0 Å². The van der Waals surface area contributed by atoms with Crippen LogP contribution in [0.15, 0.2) is 24.3 Å². The number of anilines is 1. The van der Waals surface area contributed by atoms with Crippen molar-refractivity contribution in [1.29, 1.82) is 0 Å². The van der Waals surface area contributed by atoms with Crippen LogP contribution in [0.2, 0.25) is 0 Å². The average Bonchev–Trinajstić information content (AvgIpc) is 2.23. The minimum Gasteiger partial charge on any atom is -0.345 e. The molecule has 1 aliphatic rings. The fraction of sp³-hybridized carbons (Fsp3) is 0.273. The number of rotatable bonds is 1. The largest absolute Gasteiger partial charge is 0.345 e. The zero-order chi connectivity index (χ0) is 10.8. The number of carbonyl (C=O) groups excluding carboxylic acids is 2. The Kier molecular flexibility index (Phi) is 2.41. The van der Waals surface area contributed by atoms with Gasteiger partial charge in [-0.2, -0.15) is 0 Å². The number of nitrogens with zero attached hydrogens (tertiary/aromatic N) is 1. The van der Waals surface area contributed by atoms with Gasteiger partial charge in [0.1, 0.15) is 6.54 Å². The third-order valence-corrected chi connectivity index (χ3v) is 2.45. The van der Waals surface area contributed by atoms with E-state index in [2.05, 4.69) is 5.32 Å². The molecule has 4 heteroatoms. The highest BCUT2D eigenvalue weighted by Gasteiger charge is 2.24. The van der Waals surface area contributed by atoms with Crippen LogP contribution in [0.1, 0.15) is 5.56 Å². The van der Waals surface area contributed by atoms with Crippen molar-refractivity contribution in [2.75, 3.05) is 18.0 Å². The Balaban J connectivity index is 2.33. The number of amides is 2. The van der Waals surface area contributed by atoms with Gasteiger partial charge < -0.3 is 10.2 Å². The van der Waals surface area contributed by atoms with Crippen molar-refractivity contribution in [1.82, 2.24) is 5.32 Å². The molecule has 0 aliphatic carbocycles. The molecular weight excluding hydrogens is 192 g/mol. The molecule has 1 aromatic carbocycles. The summed E-state index contributed by atoms with van der Waals surface area (Å²) >= 11 is 0. The summed E-state index contributed by atoms with van der Waals surface area (Å²) in [6, 6.07) is 7.55. The lowest BCUT2D eigenvalue weighted by molar-refractivity contribution is -0.128. The molecule has 0 spiro atoms. The summed E-state index contributed by atoms with van der Waals surface area (Å²) in [4.78, 5) is 24.3. The highest BCUT2D eigenvalue weighted by atomic mass is 16.2. The second-order valence-corrected chi connectivity index (χ2v) is 3.54. The van der Waals surface area contributed by atoms with Crippen LogP contribution in [0, 0.1) is 6.92 Å². The van der Waals surface area contributed by atoms with Gasteiger partial charge in [0.15, 0.2) is 0 Å². The lowest BCUT2D eigenvalue weighted by Gasteiger charge is -2.27. The molecule has 1 heterocycles. The van der Waals surface area contributed by atoms with Crippen LogP contribution in [-0.2, 0) is 9.59 Å². The predicted molar refractivity (Wildman–Crippen MR) is 56.5 cm³/mol. The molecule has 1 aliphatic heterocycles. The Morgan fingerprint density at radius 2 is 2.00 bits per heavy atom. The lowest BCUT2D eigenvalue weighted by atomic mass is 10.1. The maximum absolute atomic E-state index is 11.6. The molecule has 0 radical (unpaired) electrons. The third kappa shape index (κ3) is 1.83. The predicted octanol–water partition coefficient (Wildman–Crippen LogP) is 0.458. The van der Waals surface area contributed by atoms with Crippen LogP contribution >= 0.6 is 0 Å². The molecule has 0 aromatic heterocycles. The number of carbonyl (C=O) groups is 2. The fourth-order valence-corrected chi connectivity index (χ4v) is 1.64. The first-order valence-electron chi connectivity index (χ1n) is 4.81. The first-order valence-corrected chi connectivity index (χ1v) is 4.81. The molecule has 1 saturated heterocycles. The molecule has 2 amide bonds. The van der Waals surface area contributed by atoms with Crippen LogP contribution < -0.4 is 10.2 Å². The van der Waals surface area contributed by atoms with Crippen LogP contribution in [0.5, 0.6) is 0 Å². The molecule has 0 saturated carbocycles. The van der Waals surface area contributed by atoms with Crippen LogP contribution in [0.25, 0.3) is 0 Å². The Labute approximate surface area is 87.9 Å². The SMILES string of the molecule is Cc1ccccc1N1CC(=O)NCC1=O. The maximum atomic E-state index is 11.6. The van der Waals surface area contributed by atoms with Crippen molar-refractivity contribution in [3.05, 3.63) is 29.8 Å². The van der Waals surface area contributed by atoms with E-state index in [1.54, 1.807) is 0 Å². The van der Waals surface area contributed by atoms with E-state index in [9.17, 15) is 9.59 Å². The number of hydrogen-bond acceptors (Lipinski definition) is 2. The summed E-state index contributed by atoms with van der Waals surface area (Å²) in [5.41, 5.74) is 1.82. The summed E-state index contributed by atoms with van der Waals surface area (Å²) in [7, 11) is 0. The van der Waals surface area contributed by atoms with Gasteiger partial charge in [-0.1, -0.05) is 18.2 Å². The molecular formula is C11H12N2O2. The van der Waals surface area contributed by atoms with Crippen LogP contribution in [0.3, 0.4) is 0 Å². The summed E-state index contributed by atoms with van der Waals surface area (Å²) in [6.45, 7) is 2.13. The van der Waals surface area contributed by atoms with E-state index in [1.807, 2.05) is 31.2 Å². The van der Waals surface area contributed by atoms with Gasteiger partial charge in [0.2, 0.25) is 11.8 Å². The first kappa shape index (κ1) is 9.71. The maximum Gasteiger partial charge on any atom is 0.246 e. The van der Waals surface area contributed by atoms with Gasteiger partial charge in [0.05, 0.1) is 6.54 Å². The Hall–Kier alpha value is -1.84. The minimum absolute atomic E-state index is 0.0658. The smallest absolute Gasteiger partial charge is 0.246 e. The molecule has 1 aromatic rings. The van der Waals surface area contributed by atoms with E-state index in [1.165, 1.54) is 4.90 Å². The highest BCUT2D eigenvalue weighted by molar-refractivity contribution is 6.04. The zero-order valence-electron chi connectivity index (χ0n) is 8.49. The van der Waals surface area contributed by atoms with Crippen LogP contribution in [0.4, 0.5) is 5.69 Å². The van der Waals surface area contributed by atoms with Crippen LogP contribution in [-0.4, -0.2) is 24.9 Å². The van der Waals surface area contributed by atoms with Gasteiger partial charge in [0, 0.05) is 5.69 Å². The Bertz CT molecular complexity index is 415. The average molecular weight is 204 g/mol. The number of hydrogen-bond donors (Lipinski definition) is 1. The van der Waals surface area contributed by atoms with E-state index in [0.29, 0.717) is 0 Å². The highest BCUT2D eigenvalue weighted by Crippen LogP contribution is 2.19. The van der Waals surface area contributed by atoms with Crippen molar-refractivity contribution in [3.8, 4) is 0 Å². The number of benzene rings is 1. The van der Waals surface area contributed by atoms with Crippen molar-refractivity contribution >= 4 is 17.5 Å². The zero-order valence-corrected chi connectivity index (χ0v) is 8.49. The fourth-order valence-electron chi connectivity index (χ4n) is 1.64. The van der Waals surface area contributed by atoms with E-state index >= 15 is 0 Å². The second-order valence-electron chi connectivity index (χ2n) is 3.54. The second kappa shape index (κ2) is 3.73. The van der Waals surface area contributed by atoms with E-state index < -0.39 is 0 Å². The van der Waals surface area contributed by atoms with Crippen molar-refractivity contribution in [2.24, 2.45) is 0 Å². The van der Waals surface area contributed by atoms with Gasteiger partial charge in [0.25, 0.3) is 0 Å². The third-order valence-electron chi connectivity index (χ3n) is 2.45. The monoisotopic (exact) mass is 204 g/mol. The van der Waals surface area contributed by atoms with Gasteiger partial charge >= 0.3 is 0 Å². The normalized spacial score (nSPS) is 16.5. The van der Waals surface area contributed by atoms with Gasteiger partial charge in [-0.15, -0.1) is 0 Å². The summed E-state index contributed by atoms with van der Waals surface area (Å²) in [6.07, 6.45) is 0. The topological polar surface area (TPSA) is 49.4 Å². The molecule has 4 nitrogen and oxygen atoms in total. The van der Waals surface area contributed by atoms with Crippen molar-refractivity contribution in [2.45, 2.75) is 6.92 Å². The molecule has 1 N–H and O–H groups in total. The number of piperazine rings is 1. The summed E-state index contributed by atoms with van der Waals surface area (Å²) in [5.74, 6) is -0.179. The molecule has 0 unspecified atom stereocenters. The first-order chi connectivity index (χ1) is 7.18. The van der Waals surface area contributed by atoms with Gasteiger partial charge in [-0.25, -0.2) is 0 Å². The molecule has 78 valence electrons. The lowest BCUT2D eigenvalue weighted by Crippen LogP contribution is -2.51. The molecule has 0 atom stereocenters. The minimum atomic E-state index is -0.113. The molecule has 0 bridgehead atoms. The van der Waals surface area contributed by atoms with E-state index in [0.717, 1.165) is 11.3 Å². The van der Waals surface area contributed by atoms with Crippen molar-refractivity contribution in [3.63, 3.8) is 0 Å². The summed E-state index contributed by atoms with van der Waals surface area (Å²) in [5, 5.41) is 2.52. The van der Waals surface area contributed by atoms with Gasteiger partial charge in [-0.3, -0.25) is 9.59 Å². The molecule has 1 fully saturated rings. The molecule has 15 heavy (non-hydrogen) atoms. The number of aryl methyl sites for hydroxylation is 1. The van der Waals surface area contributed by atoms with E-state index in [-0.39, 0.29) is 24.9 Å². The number of para-hydroxylation sites is 1. The number of nitrogens with one attached hydrogen (secondary N) is 1. The Morgan fingerprint density at radius 3 is 2.73 bits per heavy atom. The summed E-state index contributed by atoms with van der Waals surface area (Å²) < 4.78 is 0. The molecule has 2 rings (SSSR count).